The summed E-state index contributed by atoms with van der Waals surface area (Å²) in [6, 6.07) is 12.4. The number of hydrogen-bond donors (Lipinski definition) is 0. The molecule has 0 unspecified atom stereocenters. The van der Waals surface area contributed by atoms with E-state index in [9.17, 15) is 0 Å². The summed E-state index contributed by atoms with van der Waals surface area (Å²) in [5.41, 5.74) is 2.72. The first kappa shape index (κ1) is 19.9. The van der Waals surface area contributed by atoms with Crippen LogP contribution in [0.15, 0.2) is 42.6 Å². The van der Waals surface area contributed by atoms with Crippen molar-refractivity contribution in [1.29, 1.82) is 0 Å². The van der Waals surface area contributed by atoms with Crippen molar-refractivity contribution < 1.29 is 4.74 Å². The first-order chi connectivity index (χ1) is 14.7. The molecule has 1 aromatic carbocycles. The van der Waals surface area contributed by atoms with Gasteiger partial charge in [0.25, 0.3) is 5.19 Å². The smallest absolute Gasteiger partial charge is 0.281 e. The zero-order valence-corrected chi connectivity index (χ0v) is 18.5. The van der Waals surface area contributed by atoms with E-state index in [1.807, 2.05) is 12.1 Å². The van der Waals surface area contributed by atoms with Crippen LogP contribution in [-0.2, 0) is 6.54 Å². The summed E-state index contributed by atoms with van der Waals surface area (Å²) in [4.78, 5) is 13.9. The van der Waals surface area contributed by atoms with Crippen LogP contribution < -0.4 is 4.74 Å². The van der Waals surface area contributed by atoms with Crippen LogP contribution in [-0.4, -0.2) is 52.5 Å². The molecule has 30 heavy (non-hydrogen) atoms. The van der Waals surface area contributed by atoms with E-state index in [4.69, 9.17) is 4.74 Å². The summed E-state index contributed by atoms with van der Waals surface area (Å²) in [7, 11) is 0. The van der Waals surface area contributed by atoms with E-state index < -0.39 is 0 Å². The molecular formula is C24H30N4OS. The average molecular weight is 423 g/mol. The number of likely N-dealkylation sites (tertiary alicyclic amines) is 2. The van der Waals surface area contributed by atoms with Crippen LogP contribution in [0, 0.1) is 5.41 Å². The Labute approximate surface area is 182 Å². The van der Waals surface area contributed by atoms with E-state index in [0.29, 0.717) is 10.6 Å². The van der Waals surface area contributed by atoms with Crippen LogP contribution >= 0.6 is 11.3 Å². The van der Waals surface area contributed by atoms with Gasteiger partial charge in [-0.2, -0.15) is 4.98 Å². The van der Waals surface area contributed by atoms with Crippen LogP contribution in [0.5, 0.6) is 10.9 Å². The Morgan fingerprint density at radius 2 is 1.67 bits per heavy atom. The van der Waals surface area contributed by atoms with Crippen molar-refractivity contribution in [3.63, 3.8) is 0 Å². The molecule has 4 heterocycles. The van der Waals surface area contributed by atoms with E-state index >= 15 is 0 Å². The maximum atomic E-state index is 5.95. The minimum atomic E-state index is 0.617. The number of aromatic nitrogens is 2. The number of hydrogen-bond acceptors (Lipinski definition) is 6. The molecule has 2 aromatic heterocycles. The third-order valence-electron chi connectivity index (χ3n) is 6.96. The zero-order valence-electron chi connectivity index (χ0n) is 17.7. The highest BCUT2D eigenvalue weighted by Crippen LogP contribution is 2.41. The average Bonchev–Trinajstić information content (AvgIpc) is 3.20. The molecular weight excluding hydrogens is 392 g/mol. The number of ether oxygens (including phenoxy) is 1. The molecule has 0 N–H and O–H groups in total. The molecule has 2 aliphatic heterocycles. The molecule has 2 saturated heterocycles. The van der Waals surface area contributed by atoms with Gasteiger partial charge in [-0.25, -0.2) is 4.98 Å². The van der Waals surface area contributed by atoms with Crippen molar-refractivity contribution in [2.24, 2.45) is 5.41 Å². The van der Waals surface area contributed by atoms with Crippen molar-refractivity contribution in [3.05, 3.63) is 48.2 Å². The lowest BCUT2D eigenvalue weighted by atomic mass is 9.71. The standard InChI is InChI=1S/C24H30N4OS/c1-2-27-14-9-24(10-15-27)11-16-28(17-12-24)18-19-5-7-20(8-6-19)29-23-26-22-21(30-23)4-3-13-25-22/h3-8,13H,2,9-12,14-18H2,1H3. The summed E-state index contributed by atoms with van der Waals surface area (Å²) in [5, 5.41) is 0.645. The molecule has 0 saturated carbocycles. The van der Waals surface area contributed by atoms with Gasteiger partial charge in [0.1, 0.15) is 5.75 Å². The van der Waals surface area contributed by atoms with Crippen LogP contribution in [0.25, 0.3) is 10.3 Å². The van der Waals surface area contributed by atoms with Crippen molar-refractivity contribution in [2.75, 3.05) is 32.7 Å². The van der Waals surface area contributed by atoms with E-state index in [1.165, 1.54) is 75.3 Å². The van der Waals surface area contributed by atoms with Gasteiger partial charge in [0, 0.05) is 12.7 Å². The van der Waals surface area contributed by atoms with Gasteiger partial charge in [-0.15, -0.1) is 0 Å². The molecule has 0 radical (unpaired) electrons. The Bertz CT molecular complexity index is 935. The Morgan fingerprint density at radius 3 is 2.33 bits per heavy atom. The van der Waals surface area contributed by atoms with Gasteiger partial charge in [0.15, 0.2) is 5.65 Å². The third kappa shape index (κ3) is 4.36. The molecule has 2 fully saturated rings. The predicted octanol–water partition coefficient (Wildman–Crippen LogP) is 5.18. The Hall–Kier alpha value is -2.02. The number of thiazole rings is 1. The first-order valence-electron chi connectivity index (χ1n) is 11.1. The summed E-state index contributed by atoms with van der Waals surface area (Å²) in [6.45, 7) is 9.56. The van der Waals surface area contributed by atoms with Crippen LogP contribution in [0.2, 0.25) is 0 Å². The predicted molar refractivity (Wildman–Crippen MR) is 122 cm³/mol. The van der Waals surface area contributed by atoms with Crippen molar-refractivity contribution in [3.8, 4) is 10.9 Å². The second-order valence-corrected chi connectivity index (χ2v) is 9.75. The van der Waals surface area contributed by atoms with E-state index in [-0.39, 0.29) is 0 Å². The molecule has 0 bridgehead atoms. The Balaban J connectivity index is 1.14. The first-order valence-corrected chi connectivity index (χ1v) is 12.0. The second-order valence-electron chi connectivity index (χ2n) is 8.76. The monoisotopic (exact) mass is 422 g/mol. The van der Waals surface area contributed by atoms with Crippen molar-refractivity contribution >= 4 is 21.7 Å². The minimum absolute atomic E-state index is 0.617. The molecule has 2 aliphatic rings. The van der Waals surface area contributed by atoms with Gasteiger partial charge in [-0.3, -0.25) is 4.90 Å². The van der Waals surface area contributed by atoms with E-state index in [2.05, 4.69) is 51.0 Å². The van der Waals surface area contributed by atoms with Gasteiger partial charge in [-0.1, -0.05) is 30.4 Å². The molecule has 1 spiro atoms. The van der Waals surface area contributed by atoms with Crippen LogP contribution in [0.3, 0.4) is 0 Å². The number of benzene rings is 1. The Morgan fingerprint density at radius 1 is 0.967 bits per heavy atom. The maximum absolute atomic E-state index is 5.95. The fourth-order valence-corrected chi connectivity index (χ4v) is 5.64. The van der Waals surface area contributed by atoms with E-state index in [1.54, 1.807) is 6.20 Å². The minimum Gasteiger partial charge on any atom is -0.431 e. The number of pyridine rings is 1. The highest BCUT2D eigenvalue weighted by Gasteiger charge is 2.37. The van der Waals surface area contributed by atoms with Crippen LogP contribution in [0.4, 0.5) is 0 Å². The molecule has 0 aliphatic carbocycles. The van der Waals surface area contributed by atoms with Crippen molar-refractivity contribution in [2.45, 2.75) is 39.2 Å². The fraction of sp³-hybridized carbons (Fsp3) is 0.500. The van der Waals surface area contributed by atoms with Gasteiger partial charge in [0.2, 0.25) is 0 Å². The topological polar surface area (TPSA) is 41.5 Å². The Kier molecular flexibility index (Phi) is 5.72. The quantitative estimate of drug-likeness (QED) is 0.567. The summed E-state index contributed by atoms with van der Waals surface area (Å²) in [5.74, 6) is 0.832. The second kappa shape index (κ2) is 8.61. The third-order valence-corrected chi connectivity index (χ3v) is 7.85. The number of piperidine rings is 2. The normalized spacial score (nSPS) is 20.0. The molecule has 3 aromatic rings. The molecule has 0 amide bonds. The summed E-state index contributed by atoms with van der Waals surface area (Å²) in [6.07, 6.45) is 7.26. The summed E-state index contributed by atoms with van der Waals surface area (Å²) < 4.78 is 7.00. The molecule has 5 rings (SSSR count). The fourth-order valence-electron chi connectivity index (χ4n) is 4.84. The summed E-state index contributed by atoms with van der Waals surface area (Å²) >= 11 is 1.53. The van der Waals surface area contributed by atoms with E-state index in [0.717, 1.165) is 22.6 Å². The number of fused-ring (bicyclic) bond motifs is 1. The lowest BCUT2D eigenvalue weighted by Crippen LogP contribution is -2.46. The van der Waals surface area contributed by atoms with Crippen molar-refractivity contribution in [1.82, 2.24) is 19.8 Å². The van der Waals surface area contributed by atoms with Crippen LogP contribution in [0.1, 0.15) is 38.2 Å². The van der Waals surface area contributed by atoms with Gasteiger partial charge >= 0.3 is 0 Å². The highest BCUT2D eigenvalue weighted by molar-refractivity contribution is 7.20. The molecule has 5 nitrogen and oxygen atoms in total. The van der Waals surface area contributed by atoms with Gasteiger partial charge in [-0.05, 0) is 93.7 Å². The molecule has 0 atom stereocenters. The lowest BCUT2D eigenvalue weighted by molar-refractivity contribution is 0.0341. The largest absolute Gasteiger partial charge is 0.431 e. The number of rotatable bonds is 5. The molecule has 6 heteroatoms. The van der Waals surface area contributed by atoms with Gasteiger partial charge in [0.05, 0.1) is 4.70 Å². The highest BCUT2D eigenvalue weighted by atomic mass is 32.1. The lowest BCUT2D eigenvalue weighted by Gasteiger charge is -2.46. The van der Waals surface area contributed by atoms with Gasteiger partial charge < -0.3 is 9.64 Å². The zero-order chi connectivity index (χ0) is 20.4. The maximum Gasteiger partial charge on any atom is 0.281 e. The number of nitrogens with zero attached hydrogens (tertiary/aromatic N) is 4. The molecule has 158 valence electrons. The SMILES string of the molecule is CCN1CCC2(CC1)CCN(Cc1ccc(Oc3nc4ncccc4s3)cc1)CC2.